The van der Waals surface area contributed by atoms with Crippen LogP contribution in [0, 0.1) is 16.7 Å². The van der Waals surface area contributed by atoms with Crippen LogP contribution in [0.5, 0.6) is 0 Å². The van der Waals surface area contributed by atoms with Crippen LogP contribution in [-0.2, 0) is 27.3 Å². The van der Waals surface area contributed by atoms with E-state index in [1.165, 1.54) is 0 Å². The van der Waals surface area contributed by atoms with Crippen LogP contribution in [0.4, 0.5) is 5.69 Å². The van der Waals surface area contributed by atoms with Crippen molar-refractivity contribution in [3.63, 3.8) is 0 Å². The number of carbonyl (C=O) groups excluding carboxylic acids is 1. The largest absolute Gasteiger partial charge is 0.481 e. The molecule has 2 aromatic carbocycles. The first-order chi connectivity index (χ1) is 16.4. The molecule has 7 nitrogen and oxygen atoms in total. The number of anilines is 1. The Kier molecular flexibility index (Phi) is 8.02. The summed E-state index contributed by atoms with van der Waals surface area (Å²) < 4.78 is 0. The van der Waals surface area contributed by atoms with E-state index >= 15 is 0 Å². The maximum absolute atomic E-state index is 13.0. The van der Waals surface area contributed by atoms with Crippen molar-refractivity contribution in [1.29, 1.82) is 0 Å². The molecule has 188 valence electrons. The van der Waals surface area contributed by atoms with Crippen molar-refractivity contribution in [3.05, 3.63) is 63.6 Å². The fourth-order valence-electron chi connectivity index (χ4n) is 4.70. The third-order valence-corrected chi connectivity index (χ3v) is 8.26. The maximum atomic E-state index is 13.0. The molecule has 1 saturated carbocycles. The van der Waals surface area contributed by atoms with Crippen LogP contribution in [0.15, 0.2) is 42.5 Å². The van der Waals surface area contributed by atoms with Gasteiger partial charge in [-0.2, -0.15) is 0 Å². The van der Waals surface area contributed by atoms with Gasteiger partial charge in [0.15, 0.2) is 0 Å². The lowest BCUT2D eigenvalue weighted by atomic mass is 9.65. The monoisotopic (exact) mass is 520 g/mol. The summed E-state index contributed by atoms with van der Waals surface area (Å²) in [5.74, 6) is -3.11. The Labute approximate surface area is 214 Å². The van der Waals surface area contributed by atoms with E-state index in [2.05, 4.69) is 10.6 Å². The Hall–Kier alpha value is -2.77. The number of benzene rings is 2. The molecule has 3 rings (SSSR count). The predicted molar refractivity (Wildman–Crippen MR) is 136 cm³/mol. The van der Waals surface area contributed by atoms with Crippen LogP contribution < -0.4 is 10.6 Å². The van der Waals surface area contributed by atoms with E-state index in [-0.39, 0.29) is 6.42 Å². The number of aliphatic carboxylic acids is 2. The van der Waals surface area contributed by atoms with Gasteiger partial charge in [0.25, 0.3) is 0 Å². The third-order valence-electron chi connectivity index (χ3n) is 7.55. The zero-order valence-corrected chi connectivity index (χ0v) is 21.4. The summed E-state index contributed by atoms with van der Waals surface area (Å²) >= 11 is 12.4. The smallest absolute Gasteiger partial charge is 0.326 e. The summed E-state index contributed by atoms with van der Waals surface area (Å²) in [4.78, 5) is 36.7. The number of carbonyl (C=O) groups is 3. The average molecular weight is 521 g/mol. The van der Waals surface area contributed by atoms with E-state index in [4.69, 9.17) is 23.2 Å². The molecule has 3 atom stereocenters. The molecule has 4 N–H and O–H groups in total. The van der Waals surface area contributed by atoms with Gasteiger partial charge in [0, 0.05) is 40.2 Å². The highest BCUT2D eigenvalue weighted by atomic mass is 35.5. The number of halogens is 2. The van der Waals surface area contributed by atoms with Gasteiger partial charge in [-0.25, -0.2) is 4.79 Å². The minimum atomic E-state index is -1.15. The summed E-state index contributed by atoms with van der Waals surface area (Å²) in [6.07, 6.45) is 0.851. The molecule has 9 heteroatoms. The number of nitrogens with one attached hydrogen (secondary N) is 2. The normalized spacial score (nSPS) is 21.8. The van der Waals surface area contributed by atoms with Gasteiger partial charge in [0.05, 0.1) is 5.41 Å². The van der Waals surface area contributed by atoms with Crippen LogP contribution >= 0.6 is 23.2 Å². The fraction of sp³-hybridized carbons (Fsp3) is 0.423. The molecule has 0 radical (unpaired) electrons. The van der Waals surface area contributed by atoms with Crippen LogP contribution in [0.1, 0.15) is 44.7 Å². The molecular formula is C26H30Cl2N2O5. The van der Waals surface area contributed by atoms with E-state index in [9.17, 15) is 24.6 Å². The Morgan fingerprint density at radius 1 is 1.03 bits per heavy atom. The van der Waals surface area contributed by atoms with Crippen molar-refractivity contribution in [3.8, 4) is 0 Å². The van der Waals surface area contributed by atoms with E-state index in [1.54, 1.807) is 51.1 Å². The molecule has 0 unspecified atom stereocenters. The van der Waals surface area contributed by atoms with Crippen molar-refractivity contribution < 1.29 is 24.6 Å². The Bertz CT molecular complexity index is 1100. The summed E-state index contributed by atoms with van der Waals surface area (Å²) in [6.45, 7) is 5.59. The molecule has 0 aromatic heterocycles. The lowest BCUT2D eigenvalue weighted by Crippen LogP contribution is -2.49. The summed E-state index contributed by atoms with van der Waals surface area (Å²) in [7, 11) is 0. The molecule has 1 fully saturated rings. The van der Waals surface area contributed by atoms with E-state index in [0.29, 0.717) is 29.4 Å². The maximum Gasteiger partial charge on any atom is 0.326 e. The lowest BCUT2D eigenvalue weighted by Gasteiger charge is -2.38. The van der Waals surface area contributed by atoms with Crippen molar-refractivity contribution in [2.45, 2.75) is 52.6 Å². The number of rotatable bonds is 9. The lowest BCUT2D eigenvalue weighted by molar-refractivity contribution is -0.155. The summed E-state index contributed by atoms with van der Waals surface area (Å²) in [5.41, 5.74) is 0.456. The molecule has 2 aromatic rings. The molecule has 0 heterocycles. The quantitative estimate of drug-likeness (QED) is 0.359. The van der Waals surface area contributed by atoms with Crippen LogP contribution in [-0.4, -0.2) is 34.1 Å². The third kappa shape index (κ3) is 5.57. The van der Waals surface area contributed by atoms with E-state index in [0.717, 1.165) is 16.8 Å². The van der Waals surface area contributed by atoms with Gasteiger partial charge in [-0.3, -0.25) is 9.59 Å². The average Bonchev–Trinajstić information content (AvgIpc) is 3.03. The van der Waals surface area contributed by atoms with Gasteiger partial charge in [-0.1, -0.05) is 55.2 Å². The molecule has 1 aliphatic rings. The van der Waals surface area contributed by atoms with Crippen molar-refractivity contribution in [2.75, 3.05) is 5.32 Å². The van der Waals surface area contributed by atoms with Gasteiger partial charge < -0.3 is 20.8 Å². The second-order valence-electron chi connectivity index (χ2n) is 9.80. The molecule has 0 aliphatic heterocycles. The topological polar surface area (TPSA) is 116 Å². The fourth-order valence-corrected chi connectivity index (χ4v) is 5.23. The van der Waals surface area contributed by atoms with Crippen LogP contribution in [0.25, 0.3) is 0 Å². The summed E-state index contributed by atoms with van der Waals surface area (Å²) in [5, 5.41) is 26.4. The zero-order chi connectivity index (χ0) is 26.0. The van der Waals surface area contributed by atoms with Gasteiger partial charge in [0.2, 0.25) is 5.91 Å². The van der Waals surface area contributed by atoms with Gasteiger partial charge in [-0.15, -0.1) is 0 Å². The number of amides is 1. The molecule has 1 amide bonds. The second kappa shape index (κ2) is 10.5. The van der Waals surface area contributed by atoms with Crippen LogP contribution in [0.3, 0.4) is 0 Å². The van der Waals surface area contributed by atoms with Crippen LogP contribution in [0.2, 0.25) is 10.0 Å². The SMILES string of the molecule is CC1(C)[C@@H](C(=O)N[C@@H](Cc2ccc(NCc3c(Cl)cccc3Cl)cc2)C(=O)O)CC[C@@]1(C)C(=O)O. The highest BCUT2D eigenvalue weighted by Gasteiger charge is 2.58. The first kappa shape index (κ1) is 26.8. The highest BCUT2D eigenvalue weighted by Crippen LogP contribution is 2.56. The predicted octanol–water partition coefficient (Wildman–Crippen LogP) is 5.24. The van der Waals surface area contributed by atoms with Gasteiger partial charge >= 0.3 is 11.9 Å². The highest BCUT2D eigenvalue weighted by molar-refractivity contribution is 6.36. The first-order valence-electron chi connectivity index (χ1n) is 11.4. The minimum Gasteiger partial charge on any atom is -0.481 e. The molecular weight excluding hydrogens is 491 g/mol. The van der Waals surface area contributed by atoms with E-state index in [1.807, 2.05) is 12.1 Å². The molecule has 0 bridgehead atoms. The summed E-state index contributed by atoms with van der Waals surface area (Å²) in [6, 6.07) is 11.4. The molecule has 0 saturated heterocycles. The van der Waals surface area contributed by atoms with Crippen molar-refractivity contribution in [2.24, 2.45) is 16.7 Å². The first-order valence-corrected chi connectivity index (χ1v) is 12.1. The van der Waals surface area contributed by atoms with Gasteiger partial charge in [0.1, 0.15) is 6.04 Å². The molecule has 35 heavy (non-hydrogen) atoms. The second-order valence-corrected chi connectivity index (χ2v) is 10.6. The van der Waals surface area contributed by atoms with Crippen molar-refractivity contribution >= 4 is 46.7 Å². The number of carboxylic acid groups (broad SMARTS) is 2. The standard InChI is InChI=1S/C26H30Cl2N2O5/c1-25(2)18(11-12-26(25,3)24(34)35)22(31)30-21(23(32)33)13-15-7-9-16(10-8-15)29-14-17-19(27)5-4-6-20(17)28/h4-10,18,21,29H,11-14H2,1-3H3,(H,30,31)(H,32,33)(H,34,35)/t18-,21+,26+/m1/s1. The number of hydrogen-bond donors (Lipinski definition) is 4. The van der Waals surface area contributed by atoms with Crippen molar-refractivity contribution in [1.82, 2.24) is 5.32 Å². The number of carboxylic acids is 2. The minimum absolute atomic E-state index is 0.0983. The van der Waals surface area contributed by atoms with E-state index < -0.39 is 40.6 Å². The Morgan fingerprint density at radius 2 is 1.63 bits per heavy atom. The Morgan fingerprint density at radius 3 is 2.14 bits per heavy atom. The zero-order valence-electron chi connectivity index (χ0n) is 19.9. The number of hydrogen-bond acceptors (Lipinski definition) is 4. The molecule has 0 spiro atoms. The molecule has 1 aliphatic carbocycles. The Balaban J connectivity index is 1.64. The van der Waals surface area contributed by atoms with Gasteiger partial charge in [-0.05, 0) is 55.0 Å².